The van der Waals surface area contributed by atoms with Crippen LogP contribution >= 0.6 is 11.3 Å². The van der Waals surface area contributed by atoms with Crippen LogP contribution in [0.3, 0.4) is 0 Å². The zero-order valence-electron chi connectivity index (χ0n) is 10.3. The van der Waals surface area contributed by atoms with Gasteiger partial charge in [-0.25, -0.2) is 16.4 Å². The minimum atomic E-state index is 0. The fourth-order valence-electron chi connectivity index (χ4n) is 2.31. The van der Waals surface area contributed by atoms with Crippen molar-refractivity contribution in [3.63, 3.8) is 0 Å². The van der Waals surface area contributed by atoms with Crippen LogP contribution in [0, 0.1) is 6.07 Å². The van der Waals surface area contributed by atoms with Gasteiger partial charge in [-0.15, -0.1) is 5.38 Å². The van der Waals surface area contributed by atoms with Gasteiger partial charge in [-0.3, -0.25) is 0 Å². The van der Waals surface area contributed by atoms with Crippen molar-refractivity contribution in [2.45, 2.75) is 0 Å². The van der Waals surface area contributed by atoms with Crippen molar-refractivity contribution in [2.24, 2.45) is 0 Å². The Morgan fingerprint density at radius 3 is 2.55 bits per heavy atom. The molecule has 0 N–H and O–H groups in total. The molecule has 4 heteroatoms. The number of nitrogens with zero attached hydrogens (tertiary/aromatic N) is 2. The van der Waals surface area contributed by atoms with E-state index < -0.39 is 0 Å². The molecular weight excluding hydrogens is 444 g/mol. The maximum Gasteiger partial charge on any atom is 0.0552 e. The summed E-state index contributed by atoms with van der Waals surface area (Å²) in [4.78, 5) is 1.04. The molecule has 4 aromatic rings. The number of thiophene rings is 1. The van der Waals surface area contributed by atoms with E-state index in [0.29, 0.717) is 0 Å². The molecule has 2 heterocycles. The Bertz CT molecular complexity index is 872. The van der Waals surface area contributed by atoms with Crippen LogP contribution in [0.2, 0.25) is 0 Å². The quantitative estimate of drug-likeness (QED) is 0.317. The van der Waals surface area contributed by atoms with Crippen LogP contribution in [0.4, 0.5) is 0 Å². The van der Waals surface area contributed by atoms with E-state index in [4.69, 9.17) is 0 Å². The maximum atomic E-state index is 4.29. The Morgan fingerprint density at radius 1 is 1.00 bits per heavy atom. The van der Waals surface area contributed by atoms with Gasteiger partial charge in [0, 0.05) is 25.8 Å². The third kappa shape index (κ3) is 2.16. The fraction of sp³-hybridized carbons (Fsp3) is 0. The summed E-state index contributed by atoms with van der Waals surface area (Å²) in [7, 11) is 0. The molecule has 99 valence electrons. The molecule has 1 radical (unpaired) electrons. The van der Waals surface area contributed by atoms with Crippen LogP contribution in [0.5, 0.6) is 0 Å². The van der Waals surface area contributed by atoms with Crippen molar-refractivity contribution in [1.29, 1.82) is 0 Å². The number of rotatable bonds is 1. The van der Waals surface area contributed by atoms with Crippen molar-refractivity contribution in [3.8, 4) is 10.6 Å². The van der Waals surface area contributed by atoms with Crippen LogP contribution in [0.25, 0.3) is 32.1 Å². The smallest absolute Gasteiger partial charge is 0.0552 e. The second kappa shape index (κ2) is 5.41. The molecule has 0 atom stereocenters. The molecule has 0 aliphatic rings. The van der Waals surface area contributed by atoms with Crippen LogP contribution < -0.4 is 0 Å². The Balaban J connectivity index is 0.00000121. The summed E-state index contributed by atoms with van der Waals surface area (Å²) in [5.74, 6) is 0. The monoisotopic (exact) mass is 454 g/mol. The first kappa shape index (κ1) is 13.4. The molecule has 0 saturated carbocycles. The summed E-state index contributed by atoms with van der Waals surface area (Å²) in [5, 5.41) is 15.1. The van der Waals surface area contributed by atoms with Gasteiger partial charge in [-0.1, -0.05) is 35.2 Å². The maximum absolute atomic E-state index is 4.29. The standard InChI is InChI=1S/C16H9N2S.Ir/c1-2-5-12-9-14-13(8-11(12)4-1)10-17-18-16(14)15-6-3-7-19-15;/h1-5,7-10H;/q-1;. The molecule has 0 fully saturated rings. The van der Waals surface area contributed by atoms with Crippen molar-refractivity contribution >= 4 is 32.9 Å². The number of fused-ring (bicyclic) bond motifs is 2. The van der Waals surface area contributed by atoms with Gasteiger partial charge in [-0.2, -0.15) is 17.2 Å². The van der Waals surface area contributed by atoms with Gasteiger partial charge < -0.3 is 0 Å². The fourth-order valence-corrected chi connectivity index (χ4v) is 2.98. The van der Waals surface area contributed by atoms with Crippen molar-refractivity contribution < 1.29 is 20.1 Å². The summed E-state index contributed by atoms with van der Waals surface area (Å²) in [6, 6.07) is 17.8. The Morgan fingerprint density at radius 2 is 1.80 bits per heavy atom. The molecule has 0 amide bonds. The SMILES string of the molecule is [Ir].[c-]1ccsc1-c1nncc2cc3ccccc3cc12. The van der Waals surface area contributed by atoms with E-state index in [1.807, 2.05) is 17.6 Å². The van der Waals surface area contributed by atoms with Gasteiger partial charge >= 0.3 is 0 Å². The van der Waals surface area contributed by atoms with E-state index in [1.54, 1.807) is 11.3 Å². The summed E-state index contributed by atoms with van der Waals surface area (Å²) in [5.41, 5.74) is 0.915. The van der Waals surface area contributed by atoms with Crippen molar-refractivity contribution in [2.75, 3.05) is 0 Å². The van der Waals surface area contributed by atoms with Crippen LogP contribution in [0.15, 0.2) is 54.0 Å². The van der Waals surface area contributed by atoms with Crippen LogP contribution in [0.1, 0.15) is 0 Å². The zero-order valence-corrected chi connectivity index (χ0v) is 13.5. The number of hydrogen-bond acceptors (Lipinski definition) is 3. The van der Waals surface area contributed by atoms with Gasteiger partial charge in [0.15, 0.2) is 0 Å². The first-order valence-electron chi connectivity index (χ1n) is 6.01. The second-order valence-electron chi connectivity index (χ2n) is 4.37. The molecule has 0 aliphatic carbocycles. The number of hydrogen-bond donors (Lipinski definition) is 0. The van der Waals surface area contributed by atoms with Crippen molar-refractivity contribution in [1.82, 2.24) is 10.2 Å². The van der Waals surface area contributed by atoms with Gasteiger partial charge in [0.2, 0.25) is 0 Å². The third-order valence-corrected chi connectivity index (χ3v) is 4.03. The minimum absolute atomic E-state index is 0. The van der Waals surface area contributed by atoms with Crippen molar-refractivity contribution in [3.05, 3.63) is 60.1 Å². The minimum Gasteiger partial charge on any atom is -0.237 e. The molecule has 0 unspecified atom stereocenters. The average Bonchev–Trinajstić information content (AvgIpc) is 2.98. The Labute approximate surface area is 133 Å². The van der Waals surface area contributed by atoms with Gasteiger partial charge in [0.05, 0.1) is 6.20 Å². The molecule has 20 heavy (non-hydrogen) atoms. The first-order chi connectivity index (χ1) is 9.42. The summed E-state index contributed by atoms with van der Waals surface area (Å²) >= 11 is 1.64. The molecular formula is C16H9IrN2S-. The average molecular weight is 454 g/mol. The molecule has 2 aromatic carbocycles. The molecule has 0 saturated heterocycles. The van der Waals surface area contributed by atoms with E-state index in [0.717, 1.165) is 21.3 Å². The largest absolute Gasteiger partial charge is 0.237 e. The van der Waals surface area contributed by atoms with E-state index >= 15 is 0 Å². The summed E-state index contributed by atoms with van der Waals surface area (Å²) in [6.45, 7) is 0. The third-order valence-electron chi connectivity index (χ3n) is 3.21. The topological polar surface area (TPSA) is 25.8 Å². The molecule has 0 aliphatic heterocycles. The molecule has 4 rings (SSSR count). The van der Waals surface area contributed by atoms with E-state index in [-0.39, 0.29) is 20.1 Å². The molecule has 2 nitrogen and oxygen atoms in total. The van der Waals surface area contributed by atoms with Gasteiger partial charge in [0.25, 0.3) is 0 Å². The Kier molecular flexibility index (Phi) is 3.62. The van der Waals surface area contributed by atoms with E-state index in [1.165, 1.54) is 10.8 Å². The zero-order chi connectivity index (χ0) is 12.7. The summed E-state index contributed by atoms with van der Waals surface area (Å²) in [6.07, 6.45) is 1.82. The predicted molar refractivity (Wildman–Crippen MR) is 79.2 cm³/mol. The van der Waals surface area contributed by atoms with Gasteiger partial charge in [-0.05, 0) is 27.6 Å². The van der Waals surface area contributed by atoms with Crippen LogP contribution in [-0.4, -0.2) is 10.2 Å². The molecule has 0 bridgehead atoms. The molecule has 0 spiro atoms. The second-order valence-corrected chi connectivity index (χ2v) is 5.29. The number of benzene rings is 2. The predicted octanol–water partition coefficient (Wildman–Crippen LogP) is 4.31. The van der Waals surface area contributed by atoms with E-state index in [9.17, 15) is 0 Å². The normalized spacial score (nSPS) is 10.6. The van der Waals surface area contributed by atoms with E-state index in [2.05, 4.69) is 52.7 Å². The Hall–Kier alpha value is -1.61. The summed E-state index contributed by atoms with van der Waals surface area (Å²) < 4.78 is 0. The number of aromatic nitrogens is 2. The first-order valence-corrected chi connectivity index (χ1v) is 6.89. The molecule has 2 aromatic heterocycles. The van der Waals surface area contributed by atoms with Gasteiger partial charge in [0.1, 0.15) is 0 Å². The van der Waals surface area contributed by atoms with Crippen LogP contribution in [-0.2, 0) is 20.1 Å².